The highest BCUT2D eigenvalue weighted by Crippen LogP contribution is 2.28. The average molecular weight is 408 g/mol. The van der Waals surface area contributed by atoms with Gasteiger partial charge in [-0.25, -0.2) is 13.9 Å². The van der Waals surface area contributed by atoms with E-state index in [1.807, 2.05) is 25.1 Å². The summed E-state index contributed by atoms with van der Waals surface area (Å²) in [5.74, 6) is 0.918. The minimum Gasteiger partial charge on any atom is -0.462 e. The molecule has 0 bridgehead atoms. The molecule has 3 aromatic rings. The highest BCUT2D eigenvalue weighted by molar-refractivity contribution is 5.93. The second-order valence-electron chi connectivity index (χ2n) is 9.14. The molecular formula is C26H35N2O2+. The zero-order valence-electron chi connectivity index (χ0n) is 19.7. The fourth-order valence-corrected chi connectivity index (χ4v) is 4.24. The number of fused-ring (bicyclic) bond motifs is 1. The molecule has 2 aromatic carbocycles. The van der Waals surface area contributed by atoms with E-state index < -0.39 is 0 Å². The first-order chi connectivity index (χ1) is 14.1. The normalized spacial score (nSPS) is 11.9. The minimum absolute atomic E-state index is 0.129. The number of aryl methyl sites for hydroxylation is 3. The van der Waals surface area contributed by atoms with Crippen LogP contribution in [0, 0.1) is 20.8 Å². The first-order valence-corrected chi connectivity index (χ1v) is 10.9. The fraction of sp³-hybridized carbons (Fsp3) is 0.462. The Morgan fingerprint density at radius 2 is 1.67 bits per heavy atom. The Labute approximate surface area is 180 Å². The molecule has 0 aliphatic heterocycles. The van der Waals surface area contributed by atoms with Crippen molar-refractivity contribution < 1.29 is 14.1 Å². The van der Waals surface area contributed by atoms with Crippen molar-refractivity contribution in [3.63, 3.8) is 0 Å². The number of esters is 1. The number of nitrogens with zero attached hydrogens (tertiary/aromatic N) is 2. The smallest absolute Gasteiger partial charge is 0.338 e. The quantitative estimate of drug-likeness (QED) is 0.419. The lowest BCUT2D eigenvalue weighted by Crippen LogP contribution is -2.35. The molecule has 4 heteroatoms. The van der Waals surface area contributed by atoms with Gasteiger partial charge in [-0.2, -0.15) is 0 Å². The van der Waals surface area contributed by atoms with Crippen LogP contribution in [0.5, 0.6) is 0 Å². The Morgan fingerprint density at radius 3 is 2.20 bits per heavy atom. The summed E-state index contributed by atoms with van der Waals surface area (Å²) >= 11 is 0. The van der Waals surface area contributed by atoms with Gasteiger partial charge in [0.05, 0.1) is 18.7 Å². The molecule has 1 aromatic heterocycles. The van der Waals surface area contributed by atoms with Crippen LogP contribution in [0.3, 0.4) is 0 Å². The van der Waals surface area contributed by atoms with Gasteiger partial charge >= 0.3 is 5.97 Å². The summed E-state index contributed by atoms with van der Waals surface area (Å²) in [4.78, 5) is 12.3. The Bertz CT molecular complexity index is 1080. The SMILES string of the molecule is CCOC(=O)c1ccc2c(c1)n(Cc1c(C)cc(C(C)(C)C)cc1C)c(C)[n+]2CC. The molecule has 0 unspecified atom stereocenters. The van der Waals surface area contributed by atoms with E-state index in [9.17, 15) is 4.79 Å². The molecule has 160 valence electrons. The second kappa shape index (κ2) is 8.25. The first kappa shape index (κ1) is 22.1. The highest BCUT2D eigenvalue weighted by Gasteiger charge is 2.24. The van der Waals surface area contributed by atoms with Gasteiger partial charge in [-0.05, 0) is 67.5 Å². The van der Waals surface area contributed by atoms with Crippen LogP contribution in [0.2, 0.25) is 0 Å². The standard InChI is InChI=1S/C26H35N2O2/c1-9-27-19(5)28(24-15-20(11-12-23(24)27)25(29)30-10-2)16-22-17(3)13-21(14-18(22)4)26(6,7)8/h11-15H,9-10,16H2,1-8H3/q+1. The van der Waals surface area contributed by atoms with Crippen LogP contribution < -0.4 is 4.57 Å². The Hall–Kier alpha value is -2.62. The van der Waals surface area contributed by atoms with E-state index >= 15 is 0 Å². The van der Waals surface area contributed by atoms with Crippen LogP contribution in [-0.4, -0.2) is 17.1 Å². The molecule has 0 amide bonds. The molecule has 1 heterocycles. The van der Waals surface area contributed by atoms with Crippen molar-refractivity contribution in [1.29, 1.82) is 0 Å². The predicted molar refractivity (Wildman–Crippen MR) is 122 cm³/mol. The zero-order chi connectivity index (χ0) is 22.2. The summed E-state index contributed by atoms with van der Waals surface area (Å²) in [6.07, 6.45) is 0. The van der Waals surface area contributed by atoms with Crippen molar-refractivity contribution in [2.24, 2.45) is 0 Å². The van der Waals surface area contributed by atoms with Gasteiger partial charge in [-0.3, -0.25) is 0 Å². The molecule has 4 nitrogen and oxygen atoms in total. The first-order valence-electron chi connectivity index (χ1n) is 10.9. The summed E-state index contributed by atoms with van der Waals surface area (Å²) in [5, 5.41) is 0. The summed E-state index contributed by atoms with van der Waals surface area (Å²) in [5.41, 5.74) is 8.27. The number of carbonyl (C=O) groups is 1. The van der Waals surface area contributed by atoms with Crippen LogP contribution in [0.1, 0.15) is 73.1 Å². The maximum atomic E-state index is 12.3. The lowest BCUT2D eigenvalue weighted by atomic mass is 9.84. The maximum absolute atomic E-state index is 12.3. The zero-order valence-corrected chi connectivity index (χ0v) is 19.7. The van der Waals surface area contributed by atoms with Gasteiger partial charge in [0.15, 0.2) is 11.0 Å². The van der Waals surface area contributed by atoms with Gasteiger partial charge in [0.1, 0.15) is 6.54 Å². The predicted octanol–water partition coefficient (Wildman–Crippen LogP) is 5.40. The maximum Gasteiger partial charge on any atom is 0.338 e. The molecule has 0 radical (unpaired) electrons. The molecule has 0 spiro atoms. The average Bonchev–Trinajstić information content (AvgIpc) is 2.94. The summed E-state index contributed by atoms with van der Waals surface area (Å²) < 4.78 is 9.86. The molecule has 0 saturated heterocycles. The number of imidazole rings is 1. The molecule has 0 atom stereocenters. The van der Waals surface area contributed by atoms with E-state index in [4.69, 9.17) is 4.74 Å². The number of benzene rings is 2. The molecule has 0 N–H and O–H groups in total. The number of ether oxygens (including phenoxy) is 1. The largest absolute Gasteiger partial charge is 0.462 e. The van der Waals surface area contributed by atoms with E-state index in [1.54, 1.807) is 0 Å². The number of aromatic nitrogens is 2. The van der Waals surface area contributed by atoms with Gasteiger partial charge < -0.3 is 4.74 Å². The van der Waals surface area contributed by atoms with E-state index in [0.717, 1.165) is 24.1 Å². The van der Waals surface area contributed by atoms with E-state index in [2.05, 4.69) is 69.7 Å². The third-order valence-electron chi connectivity index (χ3n) is 6.04. The lowest BCUT2D eigenvalue weighted by Gasteiger charge is -2.22. The number of hydrogen-bond donors (Lipinski definition) is 0. The van der Waals surface area contributed by atoms with E-state index in [-0.39, 0.29) is 11.4 Å². The van der Waals surface area contributed by atoms with E-state index in [0.29, 0.717) is 12.2 Å². The van der Waals surface area contributed by atoms with Crippen molar-refractivity contribution in [3.8, 4) is 0 Å². The van der Waals surface area contributed by atoms with Crippen molar-refractivity contribution in [1.82, 2.24) is 4.57 Å². The summed E-state index contributed by atoms with van der Waals surface area (Å²) in [6, 6.07) is 10.5. The van der Waals surface area contributed by atoms with Gasteiger partial charge in [0.2, 0.25) is 0 Å². The number of rotatable bonds is 5. The van der Waals surface area contributed by atoms with Gasteiger partial charge in [0.25, 0.3) is 5.82 Å². The van der Waals surface area contributed by atoms with Crippen LogP contribution in [0.25, 0.3) is 11.0 Å². The molecule has 0 saturated carbocycles. The molecule has 0 aliphatic rings. The Kier molecular flexibility index (Phi) is 6.07. The monoisotopic (exact) mass is 407 g/mol. The highest BCUT2D eigenvalue weighted by atomic mass is 16.5. The molecule has 0 aliphatic carbocycles. The molecule has 3 rings (SSSR count). The lowest BCUT2D eigenvalue weighted by molar-refractivity contribution is -0.674. The topological polar surface area (TPSA) is 35.1 Å². The molecule has 30 heavy (non-hydrogen) atoms. The van der Waals surface area contributed by atoms with Gasteiger partial charge in [0, 0.05) is 13.0 Å². The van der Waals surface area contributed by atoms with Crippen molar-refractivity contribution >= 4 is 17.0 Å². The minimum atomic E-state index is -0.269. The van der Waals surface area contributed by atoms with Crippen molar-refractivity contribution in [2.45, 2.75) is 73.9 Å². The van der Waals surface area contributed by atoms with Crippen LogP contribution >= 0.6 is 0 Å². The second-order valence-corrected chi connectivity index (χ2v) is 9.14. The molecule has 0 fully saturated rings. The summed E-state index contributed by atoms with van der Waals surface area (Å²) in [7, 11) is 0. The molecular weight excluding hydrogens is 372 g/mol. The third kappa shape index (κ3) is 4.00. The van der Waals surface area contributed by atoms with E-state index in [1.165, 1.54) is 28.1 Å². The summed E-state index contributed by atoms with van der Waals surface area (Å²) in [6.45, 7) is 19.4. The fourth-order valence-electron chi connectivity index (χ4n) is 4.24. The third-order valence-corrected chi connectivity index (χ3v) is 6.04. The number of carbonyl (C=O) groups excluding carboxylic acids is 1. The van der Waals surface area contributed by atoms with Crippen LogP contribution in [0.4, 0.5) is 0 Å². The van der Waals surface area contributed by atoms with Gasteiger partial charge in [-0.1, -0.05) is 32.9 Å². The van der Waals surface area contributed by atoms with Crippen LogP contribution in [-0.2, 0) is 23.2 Å². The number of hydrogen-bond acceptors (Lipinski definition) is 2. The van der Waals surface area contributed by atoms with Crippen LogP contribution in [0.15, 0.2) is 30.3 Å². The van der Waals surface area contributed by atoms with Gasteiger partial charge in [-0.15, -0.1) is 0 Å². The van der Waals surface area contributed by atoms with Crippen molar-refractivity contribution in [3.05, 3.63) is 64.0 Å². The Morgan fingerprint density at radius 1 is 1.03 bits per heavy atom. The van der Waals surface area contributed by atoms with Crippen molar-refractivity contribution in [2.75, 3.05) is 6.61 Å². The Balaban J connectivity index is 2.15.